The van der Waals surface area contributed by atoms with Crippen molar-refractivity contribution in [3.05, 3.63) is 98.0 Å². The van der Waals surface area contributed by atoms with Gasteiger partial charge in [0.25, 0.3) is 0 Å². The second-order valence-electron chi connectivity index (χ2n) is 8.47. The van der Waals surface area contributed by atoms with E-state index in [1.165, 1.54) is 4.31 Å². The van der Waals surface area contributed by atoms with Crippen LogP contribution in [0.25, 0.3) is 0 Å². The van der Waals surface area contributed by atoms with Crippen LogP contribution in [-0.2, 0) is 21.4 Å². The van der Waals surface area contributed by atoms with Crippen molar-refractivity contribution in [2.75, 3.05) is 6.54 Å². The fraction of sp³-hybridized carbons (Fsp3) is 0.269. The van der Waals surface area contributed by atoms with E-state index in [9.17, 15) is 13.2 Å². The van der Waals surface area contributed by atoms with Gasteiger partial charge < -0.3 is 5.32 Å². The molecule has 0 saturated heterocycles. The smallest absolute Gasteiger partial charge is 0.244 e. The number of amides is 1. The van der Waals surface area contributed by atoms with Gasteiger partial charge in [-0.25, -0.2) is 8.42 Å². The summed E-state index contributed by atoms with van der Waals surface area (Å²) in [4.78, 5) is 13.3. The molecule has 180 valence electrons. The van der Waals surface area contributed by atoms with Gasteiger partial charge in [0.05, 0.1) is 17.5 Å². The maximum absolute atomic E-state index is 13.8. The zero-order valence-electron chi connectivity index (χ0n) is 19.6. The summed E-state index contributed by atoms with van der Waals surface area (Å²) in [5.41, 5.74) is 3.95. The normalized spacial score (nSPS) is 12.6. The first kappa shape index (κ1) is 26.4. The summed E-state index contributed by atoms with van der Waals surface area (Å²) in [7, 11) is -3.96. The van der Waals surface area contributed by atoms with Crippen LogP contribution in [0.2, 0.25) is 5.02 Å². The molecule has 0 bridgehead atoms. The van der Waals surface area contributed by atoms with E-state index >= 15 is 0 Å². The number of sulfonamides is 1. The Labute approximate surface area is 215 Å². The van der Waals surface area contributed by atoms with Crippen molar-refractivity contribution in [3.63, 3.8) is 0 Å². The highest BCUT2D eigenvalue weighted by Gasteiger charge is 2.30. The van der Waals surface area contributed by atoms with E-state index in [2.05, 4.69) is 21.2 Å². The van der Waals surface area contributed by atoms with E-state index in [0.29, 0.717) is 16.1 Å². The molecule has 3 rings (SSSR count). The Bertz CT molecular complexity index is 1270. The fourth-order valence-corrected chi connectivity index (χ4v) is 6.37. The van der Waals surface area contributed by atoms with Crippen molar-refractivity contribution in [2.24, 2.45) is 0 Å². The quantitative estimate of drug-likeness (QED) is 0.360. The van der Waals surface area contributed by atoms with E-state index < -0.39 is 10.0 Å². The second-order valence-corrected chi connectivity index (χ2v) is 11.7. The SMILES string of the molecule is Cc1cc(C)c(S(=O)(=O)N(CC(=O)N[C@H](C)c2cccc(Br)c2)Cc2ccc(Cl)cc2)c(C)c1. The predicted molar refractivity (Wildman–Crippen MR) is 140 cm³/mol. The van der Waals surface area contributed by atoms with Crippen molar-refractivity contribution in [1.82, 2.24) is 9.62 Å². The van der Waals surface area contributed by atoms with E-state index in [1.54, 1.807) is 38.1 Å². The van der Waals surface area contributed by atoms with Gasteiger partial charge in [0.1, 0.15) is 0 Å². The largest absolute Gasteiger partial charge is 0.348 e. The zero-order valence-corrected chi connectivity index (χ0v) is 22.8. The van der Waals surface area contributed by atoms with Crippen LogP contribution in [0, 0.1) is 20.8 Å². The van der Waals surface area contributed by atoms with Gasteiger partial charge in [0, 0.05) is 16.0 Å². The number of hydrogen-bond acceptors (Lipinski definition) is 3. The number of rotatable bonds is 8. The first-order chi connectivity index (χ1) is 16.0. The highest BCUT2D eigenvalue weighted by atomic mass is 79.9. The topological polar surface area (TPSA) is 66.5 Å². The van der Waals surface area contributed by atoms with Crippen LogP contribution in [0.15, 0.2) is 70.0 Å². The minimum absolute atomic E-state index is 0.0466. The maximum atomic E-state index is 13.8. The van der Waals surface area contributed by atoms with Crippen LogP contribution < -0.4 is 5.32 Å². The summed E-state index contributed by atoms with van der Waals surface area (Å²) in [5, 5.41) is 3.48. The molecule has 0 aliphatic heterocycles. The van der Waals surface area contributed by atoms with E-state index in [4.69, 9.17) is 11.6 Å². The fourth-order valence-electron chi connectivity index (χ4n) is 4.03. The molecule has 0 heterocycles. The molecule has 0 aromatic heterocycles. The summed E-state index contributed by atoms with van der Waals surface area (Å²) >= 11 is 9.44. The van der Waals surface area contributed by atoms with Gasteiger partial charge in [-0.05, 0) is 74.2 Å². The van der Waals surface area contributed by atoms with Gasteiger partial charge in [-0.1, -0.05) is 69.5 Å². The van der Waals surface area contributed by atoms with Gasteiger partial charge in [-0.2, -0.15) is 4.31 Å². The van der Waals surface area contributed by atoms with Crippen LogP contribution in [-0.4, -0.2) is 25.2 Å². The summed E-state index contributed by atoms with van der Waals surface area (Å²) in [6, 6.07) is 18.0. The molecule has 0 unspecified atom stereocenters. The van der Waals surface area contributed by atoms with Gasteiger partial charge in [-0.3, -0.25) is 4.79 Å². The molecular formula is C26H28BrClN2O3S. The molecule has 34 heavy (non-hydrogen) atoms. The Balaban J connectivity index is 1.92. The molecule has 5 nitrogen and oxygen atoms in total. The lowest BCUT2D eigenvalue weighted by Crippen LogP contribution is -2.41. The van der Waals surface area contributed by atoms with Crippen molar-refractivity contribution in [1.29, 1.82) is 0 Å². The van der Waals surface area contributed by atoms with Crippen LogP contribution >= 0.6 is 27.5 Å². The number of benzene rings is 3. The third kappa shape index (κ3) is 6.48. The number of hydrogen-bond donors (Lipinski definition) is 1. The van der Waals surface area contributed by atoms with Crippen molar-refractivity contribution < 1.29 is 13.2 Å². The number of halogens is 2. The van der Waals surface area contributed by atoms with Crippen LogP contribution in [0.3, 0.4) is 0 Å². The Kier molecular flexibility index (Phi) is 8.57. The highest BCUT2D eigenvalue weighted by Crippen LogP contribution is 2.27. The van der Waals surface area contributed by atoms with Gasteiger partial charge in [-0.15, -0.1) is 0 Å². The molecule has 3 aromatic carbocycles. The minimum Gasteiger partial charge on any atom is -0.348 e. The van der Waals surface area contributed by atoms with Gasteiger partial charge in [0.2, 0.25) is 15.9 Å². The minimum atomic E-state index is -3.96. The number of carbonyl (C=O) groups excluding carboxylic acids is 1. The summed E-state index contributed by atoms with van der Waals surface area (Å²) in [5.74, 6) is -0.382. The molecule has 0 fully saturated rings. The lowest BCUT2D eigenvalue weighted by atomic mass is 10.1. The van der Waals surface area contributed by atoms with E-state index in [1.807, 2.05) is 50.2 Å². The number of nitrogens with one attached hydrogen (secondary N) is 1. The molecule has 8 heteroatoms. The third-order valence-corrected chi connectivity index (χ3v) is 8.36. The predicted octanol–water partition coefficient (Wildman–Crippen LogP) is 6.10. The van der Waals surface area contributed by atoms with Crippen molar-refractivity contribution >= 4 is 43.5 Å². The summed E-state index contributed by atoms with van der Waals surface area (Å²) < 4.78 is 29.7. The van der Waals surface area contributed by atoms with Crippen LogP contribution in [0.5, 0.6) is 0 Å². The Morgan fingerprint density at radius 3 is 2.24 bits per heavy atom. The molecular weight excluding hydrogens is 536 g/mol. The number of aryl methyl sites for hydroxylation is 3. The molecule has 0 radical (unpaired) electrons. The Hall–Kier alpha value is -2.19. The number of nitrogens with zero attached hydrogens (tertiary/aromatic N) is 1. The molecule has 0 aliphatic carbocycles. The van der Waals surface area contributed by atoms with Crippen LogP contribution in [0.1, 0.15) is 40.8 Å². The highest BCUT2D eigenvalue weighted by molar-refractivity contribution is 9.10. The average Bonchev–Trinajstić information content (AvgIpc) is 2.73. The first-order valence-corrected chi connectivity index (χ1v) is 13.5. The lowest BCUT2D eigenvalue weighted by molar-refractivity contribution is -0.122. The number of carbonyl (C=O) groups is 1. The molecule has 1 N–H and O–H groups in total. The van der Waals surface area contributed by atoms with Crippen molar-refractivity contribution in [2.45, 2.75) is 45.2 Å². The summed E-state index contributed by atoms with van der Waals surface area (Å²) in [6.07, 6.45) is 0. The Morgan fingerprint density at radius 1 is 1.03 bits per heavy atom. The van der Waals surface area contributed by atoms with E-state index in [-0.39, 0.29) is 29.9 Å². The zero-order chi connectivity index (χ0) is 25.0. The van der Waals surface area contributed by atoms with Gasteiger partial charge >= 0.3 is 0 Å². The maximum Gasteiger partial charge on any atom is 0.244 e. The molecule has 1 amide bonds. The summed E-state index contributed by atoms with van der Waals surface area (Å²) in [6.45, 7) is 7.09. The molecule has 0 saturated carbocycles. The molecule has 3 aromatic rings. The average molecular weight is 564 g/mol. The van der Waals surface area contributed by atoms with E-state index in [0.717, 1.165) is 21.2 Å². The van der Waals surface area contributed by atoms with Crippen molar-refractivity contribution in [3.8, 4) is 0 Å². The standard InChI is InChI=1S/C26H28BrClN2O3S/c1-17-12-18(2)26(19(3)13-17)34(32,33)30(15-21-8-10-24(28)11-9-21)16-25(31)29-20(4)22-6-5-7-23(27)14-22/h5-14,20H,15-16H2,1-4H3,(H,29,31)/t20-/m1/s1. The lowest BCUT2D eigenvalue weighted by Gasteiger charge is -2.25. The molecule has 0 aliphatic rings. The first-order valence-electron chi connectivity index (χ1n) is 10.8. The van der Waals surface area contributed by atoms with Gasteiger partial charge in [0.15, 0.2) is 0 Å². The van der Waals surface area contributed by atoms with Crippen LogP contribution in [0.4, 0.5) is 0 Å². The molecule has 1 atom stereocenters. The second kappa shape index (κ2) is 11.0. The third-order valence-electron chi connectivity index (χ3n) is 5.52. The molecule has 0 spiro atoms. The monoisotopic (exact) mass is 562 g/mol. The Morgan fingerprint density at radius 2 is 1.65 bits per heavy atom.